The minimum atomic E-state index is -2.13. The first-order valence-corrected chi connectivity index (χ1v) is 39.5. The molecule has 10 N–H and O–H groups in total. The van der Waals surface area contributed by atoms with Gasteiger partial charge in [0, 0.05) is 82.8 Å². The molecule has 0 aromatic carbocycles. The first kappa shape index (κ1) is 95.5. The normalized spacial score (nSPS) is 47.4. The topological polar surface area (TPSA) is 428 Å². The molecule has 0 aromatic heterocycles. The van der Waals surface area contributed by atoms with Crippen LogP contribution in [0.3, 0.4) is 0 Å². The molecule has 0 radical (unpaired) electrons. The third kappa shape index (κ3) is 21.9. The summed E-state index contributed by atoms with van der Waals surface area (Å²) >= 11 is 0. The third-order valence-electron chi connectivity index (χ3n) is 24.9. The number of carbonyl (C=O) groups excluding carboxylic acids is 4. The molecule has 0 aliphatic carbocycles. The average Bonchev–Trinajstić information content (AvgIpc) is 0.776. The van der Waals surface area contributed by atoms with Crippen LogP contribution in [0.2, 0.25) is 0 Å². The molecule has 6 saturated heterocycles. The van der Waals surface area contributed by atoms with Gasteiger partial charge in [0.15, 0.2) is 25.2 Å². The molecule has 640 valence electrons. The van der Waals surface area contributed by atoms with Crippen molar-refractivity contribution in [2.24, 2.45) is 52.5 Å². The maximum absolute atomic E-state index is 15.0. The van der Waals surface area contributed by atoms with Crippen molar-refractivity contribution in [3.63, 3.8) is 0 Å². The van der Waals surface area contributed by atoms with Crippen LogP contribution in [0.4, 0.5) is 0 Å². The predicted octanol–water partition coefficient (Wildman–Crippen LogP) is 3.28. The lowest BCUT2D eigenvalue weighted by molar-refractivity contribution is -0.318. The van der Waals surface area contributed by atoms with E-state index in [1.807, 2.05) is 0 Å². The molecule has 6 fully saturated rings. The molecule has 0 saturated carbocycles. The zero-order chi connectivity index (χ0) is 83.2. The SMILES string of the molecule is CC[C@H]1OC(=O)[C@H](C)[C@@H](OC2CC(C)(OC)C(O)C(C)O2)[C@H](C)[C@@H](OC2OC(C)CC(N(C)C(=O)CN(C)C3CC(C)OC(O[C@@H]4[C@@H](C)[C@H](OC5CC(C)(OC)C(O)C(C)O5)[C@@H](C)C(=O)O[C@H](CC)[C@@](C)(O)[C@H](O)[C@@H](C)/C(=N/OCOCCOC)[C@H](C)C[C@]4(C)O)C3O)C2O)[C@@](C)(O)C[C@@H](C)C(=O)[C@H](C)[C@@H](O)[C@]1(C)O. The number of carbonyl (C=O) groups is 4. The molecule has 6 aliphatic heterocycles. The molecular formula is C78H139N3O29. The van der Waals surface area contributed by atoms with Crippen LogP contribution in [0.25, 0.3) is 0 Å². The molecule has 36 atom stereocenters. The number of Topliss-reactive ketones (excluding diaryl/α,β-unsaturated/α-hetero) is 1. The maximum atomic E-state index is 15.0. The Kier molecular flexibility index (Phi) is 34.1. The number of nitrogens with zero attached hydrogens (tertiary/aromatic N) is 3. The number of hydrogen-bond donors (Lipinski definition) is 10. The summed E-state index contributed by atoms with van der Waals surface area (Å²) in [7, 11) is 7.52. The number of hydrogen-bond acceptors (Lipinski definition) is 31. The van der Waals surface area contributed by atoms with Gasteiger partial charge in [-0.2, -0.15) is 0 Å². The summed E-state index contributed by atoms with van der Waals surface area (Å²) in [6, 6.07) is -1.95. The number of rotatable bonds is 22. The van der Waals surface area contributed by atoms with Crippen molar-refractivity contribution in [1.82, 2.24) is 9.80 Å². The van der Waals surface area contributed by atoms with Crippen LogP contribution in [0.1, 0.15) is 190 Å². The summed E-state index contributed by atoms with van der Waals surface area (Å²) in [5, 5.41) is 127. The van der Waals surface area contributed by atoms with E-state index in [-0.39, 0.29) is 83.6 Å². The monoisotopic (exact) mass is 1580 g/mol. The van der Waals surface area contributed by atoms with Gasteiger partial charge in [-0.05, 0) is 129 Å². The second kappa shape index (κ2) is 39.3. The van der Waals surface area contributed by atoms with E-state index in [1.54, 1.807) is 109 Å². The molecule has 0 bridgehead atoms. The van der Waals surface area contributed by atoms with Gasteiger partial charge in [0.2, 0.25) is 12.7 Å². The molecule has 0 spiro atoms. The van der Waals surface area contributed by atoms with E-state index < -0.39 is 239 Å². The van der Waals surface area contributed by atoms with Crippen LogP contribution < -0.4 is 0 Å². The van der Waals surface area contributed by atoms with Crippen LogP contribution in [-0.2, 0) is 90.3 Å². The Balaban J connectivity index is 1.35. The summed E-state index contributed by atoms with van der Waals surface area (Å²) in [4.78, 5) is 67.7. The second-order valence-electron chi connectivity index (χ2n) is 34.2. The van der Waals surface area contributed by atoms with Crippen LogP contribution in [0, 0.1) is 47.3 Å². The van der Waals surface area contributed by atoms with E-state index in [0.717, 1.165) is 0 Å². The van der Waals surface area contributed by atoms with Crippen LogP contribution in [0.5, 0.6) is 0 Å². The van der Waals surface area contributed by atoms with E-state index in [1.165, 1.54) is 74.8 Å². The zero-order valence-corrected chi connectivity index (χ0v) is 69.9. The average molecular weight is 1580 g/mol. The Hall–Kier alpha value is -3.37. The van der Waals surface area contributed by atoms with Crippen LogP contribution >= 0.6 is 0 Å². The van der Waals surface area contributed by atoms with Gasteiger partial charge in [-0.3, -0.25) is 24.1 Å². The number of likely N-dealkylation sites (N-methyl/N-ethyl adjacent to an activating group) is 2. The largest absolute Gasteiger partial charge is 0.459 e. The Morgan fingerprint density at radius 2 is 0.936 bits per heavy atom. The number of aliphatic hydroxyl groups excluding tert-OH is 6. The lowest BCUT2D eigenvalue weighted by atomic mass is 9.73. The van der Waals surface area contributed by atoms with E-state index in [4.69, 9.17) is 71.2 Å². The molecule has 6 rings (SSSR count). The van der Waals surface area contributed by atoms with E-state index in [9.17, 15) is 65.4 Å². The van der Waals surface area contributed by atoms with Gasteiger partial charge in [0.05, 0.1) is 127 Å². The molecule has 6 heterocycles. The van der Waals surface area contributed by atoms with Crippen LogP contribution in [0.15, 0.2) is 5.16 Å². The predicted molar refractivity (Wildman–Crippen MR) is 397 cm³/mol. The van der Waals surface area contributed by atoms with Gasteiger partial charge in [-0.25, -0.2) is 0 Å². The molecule has 6 aliphatic rings. The number of aliphatic hydroxyl groups is 10. The number of ketones is 1. The van der Waals surface area contributed by atoms with Gasteiger partial charge in [0.25, 0.3) is 0 Å². The highest BCUT2D eigenvalue weighted by molar-refractivity contribution is 5.89. The number of amides is 1. The molecule has 32 heteroatoms. The molecule has 110 heavy (non-hydrogen) atoms. The number of oxime groups is 1. The highest BCUT2D eigenvalue weighted by Crippen LogP contribution is 2.45. The third-order valence-corrected chi connectivity index (χ3v) is 24.9. The van der Waals surface area contributed by atoms with Crippen molar-refractivity contribution in [2.75, 3.05) is 62.0 Å². The van der Waals surface area contributed by atoms with E-state index >= 15 is 4.79 Å². The van der Waals surface area contributed by atoms with Gasteiger partial charge >= 0.3 is 11.9 Å². The summed E-state index contributed by atoms with van der Waals surface area (Å²) in [6.07, 6.45) is -25.8. The van der Waals surface area contributed by atoms with E-state index in [0.29, 0.717) is 0 Å². The Morgan fingerprint density at radius 3 is 1.35 bits per heavy atom. The van der Waals surface area contributed by atoms with Crippen molar-refractivity contribution in [3.05, 3.63) is 0 Å². The highest BCUT2D eigenvalue weighted by atomic mass is 16.8. The highest BCUT2D eigenvalue weighted by Gasteiger charge is 2.58. The molecular weight excluding hydrogens is 1440 g/mol. The zero-order valence-electron chi connectivity index (χ0n) is 69.9. The van der Waals surface area contributed by atoms with Gasteiger partial charge in [-0.15, -0.1) is 0 Å². The summed E-state index contributed by atoms with van der Waals surface area (Å²) in [6.45, 7) is 31.6. The van der Waals surface area contributed by atoms with Crippen molar-refractivity contribution in [3.8, 4) is 0 Å². The minimum absolute atomic E-state index is 0.0284. The second-order valence-corrected chi connectivity index (χ2v) is 34.2. The van der Waals surface area contributed by atoms with E-state index in [2.05, 4.69) is 5.16 Å². The first-order valence-electron chi connectivity index (χ1n) is 39.5. The molecule has 16 unspecified atom stereocenters. The van der Waals surface area contributed by atoms with Gasteiger partial charge in [-0.1, -0.05) is 60.5 Å². The fraction of sp³-hybridized carbons (Fsp3) is 0.936. The number of methoxy groups -OCH3 is 3. The molecule has 0 aromatic rings. The maximum Gasteiger partial charge on any atom is 0.311 e. The fourth-order valence-corrected chi connectivity index (χ4v) is 17.8. The Bertz CT molecular complexity index is 2970. The Labute approximate surface area is 650 Å². The summed E-state index contributed by atoms with van der Waals surface area (Å²) < 4.78 is 87.5. The fourth-order valence-electron chi connectivity index (χ4n) is 17.8. The van der Waals surface area contributed by atoms with Crippen molar-refractivity contribution >= 4 is 29.3 Å². The molecule has 32 nitrogen and oxygen atoms in total. The standard InChI is InChI=1S/C78H139N3O29/c1-26-52-77(19,94)63(86)42(7)57(79-100-37-99-29-28-96-23)38(3)32-73(15,92)67(44(9)61(46(11)69(90)105-52)107-55-34-75(17,97-24)65(88)48(13)103-55)109-71-59(84)50(30-40(5)101-71)80(21)36-54(82)81(22)51-31-41(6)102-72(60(51)85)110-68-45(10)62(108-56-35-76(18,98-25)66(89)49(14)104-56)47(12)70(91)106-53(27-2)78(20,95)64(87)43(8)58(83)39(4)33-74(68,16)93/h38-53,55-56,59-68,71-72,84-89,92-95H,26-37H2,1-25H3/b79-57+/t38-,39-,40?,41?,42+,43+,44+,45+,46-,47-,48?,49?,50?,51?,52-,53-,55?,56?,59?,60?,61+,62+,63-,64-,65?,66?,67-,68-,71?,72?,73+,74+,75?,76?,77-,78-/m1/s1. The van der Waals surface area contributed by atoms with Gasteiger partial charge in [0.1, 0.15) is 53.6 Å². The Morgan fingerprint density at radius 1 is 0.527 bits per heavy atom. The van der Waals surface area contributed by atoms with Crippen molar-refractivity contribution in [2.45, 2.75) is 358 Å². The van der Waals surface area contributed by atoms with Crippen molar-refractivity contribution in [1.29, 1.82) is 0 Å². The summed E-state index contributed by atoms with van der Waals surface area (Å²) in [5.41, 5.74) is -10.5. The lowest BCUT2D eigenvalue weighted by Gasteiger charge is -2.49. The minimum Gasteiger partial charge on any atom is -0.459 e. The quantitative estimate of drug-likeness (QED) is 0.0322. The van der Waals surface area contributed by atoms with Gasteiger partial charge < -0.3 is 127 Å². The first-order chi connectivity index (χ1) is 51.0. The smallest absolute Gasteiger partial charge is 0.311 e. The number of ether oxygens (including phenoxy) is 14. The lowest BCUT2D eigenvalue weighted by Crippen LogP contribution is -2.63. The van der Waals surface area contributed by atoms with Crippen LogP contribution in [-0.4, -0.2) is 321 Å². The number of esters is 2. The summed E-state index contributed by atoms with van der Waals surface area (Å²) in [5.74, 6) is -11.5. The van der Waals surface area contributed by atoms with Crippen molar-refractivity contribution < 1.29 is 141 Å². The molecule has 1 amide bonds. The number of cyclic esters (lactones) is 2.